The van der Waals surface area contributed by atoms with Gasteiger partial charge in [0.1, 0.15) is 12.4 Å². The number of benzene rings is 2. The topological polar surface area (TPSA) is 35.2 Å². The lowest BCUT2D eigenvalue weighted by Gasteiger charge is -2.16. The maximum absolute atomic E-state index is 6.17. The molecule has 2 aromatic rings. The molecule has 0 bridgehead atoms. The molecular weight excluding hydrogens is 270 g/mol. The Morgan fingerprint density at radius 1 is 0.950 bits per heavy atom. The quantitative estimate of drug-likeness (QED) is 0.920. The van der Waals surface area contributed by atoms with Crippen molar-refractivity contribution in [1.29, 1.82) is 0 Å². The molecule has 0 saturated heterocycles. The summed E-state index contributed by atoms with van der Waals surface area (Å²) in [6.07, 6.45) is 0. The summed E-state index contributed by atoms with van der Waals surface area (Å²) in [6, 6.07) is 14.3. The Morgan fingerprint density at radius 3 is 2.05 bits per heavy atom. The van der Waals surface area contributed by atoms with Gasteiger partial charge in [-0.1, -0.05) is 48.0 Å². The van der Waals surface area contributed by atoms with Crippen LogP contribution in [0.4, 0.5) is 0 Å². The first-order valence-corrected chi connectivity index (χ1v) is 6.59. The Balaban J connectivity index is 0.00000200. The average Bonchev–Trinajstić information content (AvgIpc) is 2.38. The molecule has 3 heteroatoms. The molecule has 0 aliphatic heterocycles. The Hall–Kier alpha value is -1.51. The minimum absolute atomic E-state index is 0. The van der Waals surface area contributed by atoms with E-state index in [4.69, 9.17) is 10.5 Å². The molecule has 2 aromatic carbocycles. The fraction of sp³-hybridized carbons (Fsp3) is 0.294. The van der Waals surface area contributed by atoms with E-state index >= 15 is 0 Å². The molecule has 0 saturated carbocycles. The molecule has 0 radical (unpaired) electrons. The highest BCUT2D eigenvalue weighted by Gasteiger charge is 2.09. The minimum Gasteiger partial charge on any atom is -0.491 e. The predicted molar refractivity (Wildman–Crippen MR) is 86.8 cm³/mol. The molecule has 0 aliphatic rings. The van der Waals surface area contributed by atoms with Crippen LogP contribution in [0.5, 0.6) is 5.75 Å². The van der Waals surface area contributed by atoms with Crippen LogP contribution in [0.15, 0.2) is 42.5 Å². The van der Waals surface area contributed by atoms with E-state index in [1.807, 2.05) is 6.07 Å². The highest BCUT2D eigenvalue weighted by atomic mass is 35.5. The highest BCUT2D eigenvalue weighted by Crippen LogP contribution is 2.23. The fourth-order valence-corrected chi connectivity index (χ4v) is 2.11. The summed E-state index contributed by atoms with van der Waals surface area (Å²) in [7, 11) is 0. The monoisotopic (exact) mass is 291 g/mol. The molecule has 0 amide bonds. The van der Waals surface area contributed by atoms with Crippen LogP contribution in [-0.2, 0) is 0 Å². The van der Waals surface area contributed by atoms with Crippen molar-refractivity contribution in [3.8, 4) is 5.75 Å². The molecule has 1 atom stereocenters. The Labute approximate surface area is 127 Å². The fourth-order valence-electron chi connectivity index (χ4n) is 2.11. The zero-order chi connectivity index (χ0) is 13.8. The molecular formula is C17H22ClNO. The maximum atomic E-state index is 6.17. The van der Waals surface area contributed by atoms with Gasteiger partial charge in [-0.05, 0) is 37.5 Å². The number of aryl methyl sites for hydroxylation is 3. The molecule has 0 aromatic heterocycles. The normalized spacial score (nSPS) is 11.6. The van der Waals surface area contributed by atoms with Crippen LogP contribution in [0.1, 0.15) is 28.3 Å². The van der Waals surface area contributed by atoms with Crippen molar-refractivity contribution in [3.63, 3.8) is 0 Å². The Morgan fingerprint density at radius 2 is 1.50 bits per heavy atom. The zero-order valence-corrected chi connectivity index (χ0v) is 13.0. The second kappa shape index (κ2) is 7.32. The molecule has 2 N–H and O–H groups in total. The third-order valence-corrected chi connectivity index (χ3v) is 3.32. The summed E-state index contributed by atoms with van der Waals surface area (Å²) in [6.45, 7) is 6.68. The lowest BCUT2D eigenvalue weighted by atomic mass is 10.1. The number of hydrogen-bond acceptors (Lipinski definition) is 2. The summed E-state index contributed by atoms with van der Waals surface area (Å²) >= 11 is 0. The van der Waals surface area contributed by atoms with Crippen LogP contribution in [0.2, 0.25) is 0 Å². The first-order valence-electron chi connectivity index (χ1n) is 6.59. The molecule has 0 aliphatic carbocycles. The number of nitrogens with two attached hydrogens (primary N) is 1. The molecule has 0 spiro atoms. The van der Waals surface area contributed by atoms with Crippen molar-refractivity contribution in [2.24, 2.45) is 5.73 Å². The lowest BCUT2D eigenvalue weighted by Crippen LogP contribution is -2.19. The average molecular weight is 292 g/mol. The van der Waals surface area contributed by atoms with Gasteiger partial charge in [-0.2, -0.15) is 0 Å². The second-order valence-electron chi connectivity index (χ2n) is 5.05. The molecule has 0 heterocycles. The van der Waals surface area contributed by atoms with Crippen molar-refractivity contribution in [2.75, 3.05) is 6.61 Å². The van der Waals surface area contributed by atoms with Crippen molar-refractivity contribution < 1.29 is 4.74 Å². The van der Waals surface area contributed by atoms with Crippen LogP contribution in [0.25, 0.3) is 0 Å². The molecule has 1 unspecified atom stereocenters. The number of rotatable bonds is 4. The molecule has 2 rings (SSSR count). The first-order chi connectivity index (χ1) is 9.08. The van der Waals surface area contributed by atoms with Crippen LogP contribution in [0, 0.1) is 20.8 Å². The molecule has 20 heavy (non-hydrogen) atoms. The summed E-state index contributed by atoms with van der Waals surface area (Å²) < 4.78 is 5.89. The van der Waals surface area contributed by atoms with E-state index in [0.717, 1.165) is 22.4 Å². The second-order valence-corrected chi connectivity index (χ2v) is 5.05. The van der Waals surface area contributed by atoms with Crippen LogP contribution < -0.4 is 10.5 Å². The van der Waals surface area contributed by atoms with Crippen LogP contribution >= 0.6 is 12.4 Å². The van der Waals surface area contributed by atoms with Gasteiger partial charge in [0.05, 0.1) is 6.04 Å². The SMILES string of the molecule is Cc1ccc(C(N)COc2c(C)cccc2C)cc1.Cl. The Bertz CT molecular complexity index is 531. The van der Waals surface area contributed by atoms with Gasteiger partial charge in [0.25, 0.3) is 0 Å². The lowest BCUT2D eigenvalue weighted by molar-refractivity contribution is 0.287. The minimum atomic E-state index is -0.0976. The summed E-state index contributed by atoms with van der Waals surface area (Å²) in [5.74, 6) is 0.949. The van der Waals surface area contributed by atoms with Crippen LogP contribution in [-0.4, -0.2) is 6.61 Å². The smallest absolute Gasteiger partial charge is 0.125 e. The third kappa shape index (κ3) is 3.99. The summed E-state index contributed by atoms with van der Waals surface area (Å²) in [5.41, 5.74) is 10.8. The first kappa shape index (κ1) is 16.5. The van der Waals surface area contributed by atoms with E-state index in [0.29, 0.717) is 6.61 Å². The maximum Gasteiger partial charge on any atom is 0.125 e. The van der Waals surface area contributed by atoms with Gasteiger partial charge in [-0.25, -0.2) is 0 Å². The van der Waals surface area contributed by atoms with Crippen LogP contribution in [0.3, 0.4) is 0 Å². The van der Waals surface area contributed by atoms with Gasteiger partial charge in [0.2, 0.25) is 0 Å². The summed E-state index contributed by atoms with van der Waals surface area (Å²) in [5, 5.41) is 0. The van der Waals surface area contributed by atoms with E-state index in [-0.39, 0.29) is 18.4 Å². The van der Waals surface area contributed by atoms with Crippen molar-refractivity contribution in [1.82, 2.24) is 0 Å². The van der Waals surface area contributed by atoms with E-state index < -0.39 is 0 Å². The number of halogens is 1. The zero-order valence-electron chi connectivity index (χ0n) is 12.2. The highest BCUT2D eigenvalue weighted by molar-refractivity contribution is 5.85. The van der Waals surface area contributed by atoms with E-state index in [1.54, 1.807) is 0 Å². The van der Waals surface area contributed by atoms with Gasteiger partial charge >= 0.3 is 0 Å². The summed E-state index contributed by atoms with van der Waals surface area (Å²) in [4.78, 5) is 0. The van der Waals surface area contributed by atoms with E-state index in [9.17, 15) is 0 Å². The van der Waals surface area contributed by atoms with Gasteiger partial charge < -0.3 is 10.5 Å². The van der Waals surface area contributed by atoms with E-state index in [2.05, 4.69) is 57.2 Å². The standard InChI is InChI=1S/C17H21NO.ClH/c1-12-7-9-15(10-8-12)16(18)11-19-17-13(2)5-4-6-14(17)3;/h4-10,16H,11,18H2,1-3H3;1H. The Kier molecular flexibility index (Phi) is 6.05. The van der Waals surface area contributed by atoms with Gasteiger partial charge in [0, 0.05) is 0 Å². The van der Waals surface area contributed by atoms with Crippen molar-refractivity contribution >= 4 is 12.4 Å². The molecule has 108 valence electrons. The largest absolute Gasteiger partial charge is 0.491 e. The van der Waals surface area contributed by atoms with Gasteiger partial charge in [0.15, 0.2) is 0 Å². The molecule has 0 fully saturated rings. The van der Waals surface area contributed by atoms with Crippen molar-refractivity contribution in [2.45, 2.75) is 26.8 Å². The van der Waals surface area contributed by atoms with Gasteiger partial charge in [-0.3, -0.25) is 0 Å². The number of hydrogen-bond donors (Lipinski definition) is 1. The molecule has 2 nitrogen and oxygen atoms in total. The number of ether oxygens (including phenoxy) is 1. The van der Waals surface area contributed by atoms with E-state index in [1.165, 1.54) is 5.56 Å². The third-order valence-electron chi connectivity index (χ3n) is 3.32. The predicted octanol–water partition coefficient (Wildman–Crippen LogP) is 4.11. The number of para-hydroxylation sites is 1. The van der Waals surface area contributed by atoms with Gasteiger partial charge in [-0.15, -0.1) is 12.4 Å². The van der Waals surface area contributed by atoms with Crippen molar-refractivity contribution in [3.05, 3.63) is 64.7 Å².